The smallest absolute Gasteiger partial charge is 0.310 e. The Morgan fingerprint density at radius 2 is 1.94 bits per heavy atom. The maximum Gasteiger partial charge on any atom is 0.310 e. The van der Waals surface area contributed by atoms with Gasteiger partial charge in [-0.2, -0.15) is 0 Å². The Hall–Kier alpha value is -4.25. The number of ether oxygens (including phenoxy) is 5. The Kier molecular flexibility index (Phi) is 7.69. The van der Waals surface area contributed by atoms with E-state index in [1.54, 1.807) is 25.1 Å². The number of carbonyl (C=O) groups is 2. The van der Waals surface area contributed by atoms with Gasteiger partial charge in [0.05, 0.1) is 31.2 Å². The van der Waals surface area contributed by atoms with Crippen molar-refractivity contribution in [2.75, 3.05) is 13.7 Å². The van der Waals surface area contributed by atoms with Crippen LogP contribution >= 0.6 is 0 Å². The maximum absolute atomic E-state index is 13.8. The van der Waals surface area contributed by atoms with Crippen molar-refractivity contribution in [2.45, 2.75) is 75.3 Å². The fraction of sp³-hybridized carbons (Fsp3) is 0.459. The summed E-state index contributed by atoms with van der Waals surface area (Å²) in [4.78, 5) is 29.8. The second kappa shape index (κ2) is 11.4. The van der Waals surface area contributed by atoms with Crippen molar-refractivity contribution in [3.05, 3.63) is 106 Å². The summed E-state index contributed by atoms with van der Waals surface area (Å²) < 4.78 is 31.9. The molecule has 0 amide bonds. The molecule has 8 atom stereocenters. The second-order valence-electron chi connectivity index (χ2n) is 13.9. The fourth-order valence-electron chi connectivity index (χ4n) is 8.85. The van der Waals surface area contributed by atoms with Gasteiger partial charge in [-0.25, -0.2) is 0 Å². The number of azide groups is 1. The minimum Gasteiger partial charge on any atom is -0.496 e. The van der Waals surface area contributed by atoms with Gasteiger partial charge in [0.1, 0.15) is 29.7 Å². The Balaban J connectivity index is 1.25. The number of fused-ring (bicyclic) bond motifs is 2. The standard InChI is InChI=1S/C37H39N3O8/c1-21(2)35-17-23(4)37-27(33(35)46-36(47-35,48-37)19-24-9-7-6-8-10-24)14-26(18-34(43)30(37)13-22(3)32(34)42)20-45-31(41)16-25-11-12-29(44-5)28(15-25)39-40-38/h6-15,23,27,30,33,43H,1,16-20H2,2-5H3/t23-,27+,30-,33-,34-,35-,36?,37-/m1/s1. The molecule has 3 fully saturated rings. The highest BCUT2D eigenvalue weighted by molar-refractivity contribution is 6.04. The van der Waals surface area contributed by atoms with E-state index in [9.17, 15) is 14.7 Å². The van der Waals surface area contributed by atoms with E-state index < -0.39 is 46.7 Å². The van der Waals surface area contributed by atoms with Crippen molar-refractivity contribution >= 4 is 17.4 Å². The number of rotatable bonds is 9. The number of methoxy groups -OCH3 is 1. The molecule has 11 nitrogen and oxygen atoms in total. The van der Waals surface area contributed by atoms with Crippen LogP contribution in [0, 0.1) is 17.8 Å². The van der Waals surface area contributed by atoms with Crippen LogP contribution < -0.4 is 4.74 Å². The molecule has 11 heteroatoms. The average molecular weight is 654 g/mol. The van der Waals surface area contributed by atoms with Crippen LogP contribution in [0.5, 0.6) is 5.75 Å². The van der Waals surface area contributed by atoms with Gasteiger partial charge in [0.25, 0.3) is 5.97 Å². The molecular weight excluding hydrogens is 614 g/mol. The van der Waals surface area contributed by atoms with Crippen LogP contribution in [-0.4, -0.2) is 59.5 Å². The van der Waals surface area contributed by atoms with Crippen molar-refractivity contribution in [3.8, 4) is 5.75 Å². The number of benzene rings is 2. The number of nitrogens with zero attached hydrogens (tertiary/aromatic N) is 3. The number of hydrogen-bond acceptors (Lipinski definition) is 9. The minimum atomic E-state index is -1.82. The molecule has 2 aliphatic heterocycles. The number of aliphatic hydroxyl groups is 1. The van der Waals surface area contributed by atoms with E-state index in [1.807, 2.05) is 49.4 Å². The third kappa shape index (κ3) is 4.75. The lowest BCUT2D eigenvalue weighted by atomic mass is 9.55. The summed E-state index contributed by atoms with van der Waals surface area (Å²) in [6.45, 7) is 9.94. The molecule has 1 N–H and O–H groups in total. The fourth-order valence-corrected chi connectivity index (χ4v) is 8.85. The average Bonchev–Trinajstić information content (AvgIpc) is 3.36. The summed E-state index contributed by atoms with van der Waals surface area (Å²) in [5.41, 5.74) is 8.80. The van der Waals surface area contributed by atoms with E-state index in [4.69, 9.17) is 29.2 Å². The summed E-state index contributed by atoms with van der Waals surface area (Å²) in [7, 11) is 1.46. The Bertz CT molecular complexity index is 1820. The van der Waals surface area contributed by atoms with Crippen molar-refractivity contribution in [1.82, 2.24) is 0 Å². The van der Waals surface area contributed by atoms with Crippen molar-refractivity contribution in [2.24, 2.45) is 22.9 Å². The molecular formula is C37H39N3O8. The molecule has 48 heavy (non-hydrogen) atoms. The van der Waals surface area contributed by atoms with E-state index in [1.165, 1.54) is 7.11 Å². The molecule has 3 bridgehead atoms. The minimum absolute atomic E-state index is 0.0329. The predicted octanol–water partition coefficient (Wildman–Crippen LogP) is 5.98. The highest BCUT2D eigenvalue weighted by atomic mass is 16.9. The molecule has 1 unspecified atom stereocenters. The molecule has 2 saturated heterocycles. The zero-order valence-electron chi connectivity index (χ0n) is 27.5. The molecule has 0 spiro atoms. The van der Waals surface area contributed by atoms with Crippen LogP contribution in [0.25, 0.3) is 10.4 Å². The molecule has 0 aromatic heterocycles. The first-order chi connectivity index (χ1) is 22.9. The van der Waals surface area contributed by atoms with Crippen molar-refractivity contribution in [3.63, 3.8) is 0 Å². The van der Waals surface area contributed by atoms with Gasteiger partial charge >= 0.3 is 5.97 Å². The zero-order chi connectivity index (χ0) is 34.1. The third-order valence-corrected chi connectivity index (χ3v) is 10.9. The lowest BCUT2D eigenvalue weighted by Gasteiger charge is -2.59. The Morgan fingerprint density at radius 1 is 1.17 bits per heavy atom. The molecule has 7 rings (SSSR count). The zero-order valence-corrected chi connectivity index (χ0v) is 27.5. The van der Waals surface area contributed by atoms with Crippen molar-refractivity contribution < 1.29 is 38.4 Å². The van der Waals surface area contributed by atoms with Gasteiger partial charge < -0.3 is 28.8 Å². The topological polar surface area (TPSA) is 149 Å². The van der Waals surface area contributed by atoms with Crippen LogP contribution in [0.2, 0.25) is 0 Å². The van der Waals surface area contributed by atoms with Crippen LogP contribution in [0.15, 0.2) is 89.1 Å². The number of ketones is 1. The predicted molar refractivity (Wildman–Crippen MR) is 174 cm³/mol. The maximum atomic E-state index is 13.8. The van der Waals surface area contributed by atoms with E-state index >= 15 is 0 Å². The summed E-state index contributed by atoms with van der Waals surface area (Å²) >= 11 is 0. The summed E-state index contributed by atoms with van der Waals surface area (Å²) in [6, 6.07) is 14.7. The molecule has 250 valence electrons. The summed E-state index contributed by atoms with van der Waals surface area (Å²) in [6.07, 6.45) is 4.02. The molecule has 3 aliphatic carbocycles. The number of Topliss-reactive ketones (excluding diaryl/α,β-unsaturated/α-hetero) is 1. The summed E-state index contributed by atoms with van der Waals surface area (Å²) in [5.74, 6) is -3.32. The number of hydrogen-bond donors (Lipinski definition) is 1. The lowest BCUT2D eigenvalue weighted by Crippen LogP contribution is -2.70. The van der Waals surface area contributed by atoms with E-state index in [-0.39, 0.29) is 36.8 Å². The van der Waals surface area contributed by atoms with Gasteiger partial charge in [0, 0.05) is 23.2 Å². The van der Waals surface area contributed by atoms with Crippen LogP contribution in [-0.2, 0) is 41.4 Å². The first-order valence-electron chi connectivity index (χ1n) is 16.2. The van der Waals surface area contributed by atoms with E-state index in [2.05, 4.69) is 23.5 Å². The Morgan fingerprint density at radius 3 is 2.65 bits per heavy atom. The molecule has 1 saturated carbocycles. The first kappa shape index (κ1) is 32.3. The quantitative estimate of drug-likeness (QED) is 0.114. The van der Waals surface area contributed by atoms with Gasteiger partial charge in [-0.3, -0.25) is 9.59 Å². The van der Waals surface area contributed by atoms with Gasteiger partial charge in [0.15, 0.2) is 5.78 Å². The van der Waals surface area contributed by atoms with E-state index in [0.717, 1.165) is 11.1 Å². The van der Waals surface area contributed by atoms with Crippen molar-refractivity contribution in [1.29, 1.82) is 0 Å². The van der Waals surface area contributed by atoms with Gasteiger partial charge in [-0.1, -0.05) is 67.2 Å². The SMILES string of the molecule is C=C(C)[C@]12C[C@@H](C)[C@@]34OC(Cc5ccccc5)(O[C@@H]1[C@@H]3C=C(COC(=O)Cc1ccc(OC)c(N=[N+]=[N-])c1)C[C@]1(O)C(=O)C(C)=C[C@@H]41)O2. The highest BCUT2D eigenvalue weighted by Gasteiger charge is 2.79. The number of esters is 1. The van der Waals surface area contributed by atoms with E-state index in [0.29, 0.717) is 35.3 Å². The molecule has 5 aliphatic rings. The van der Waals surface area contributed by atoms with Crippen LogP contribution in [0.3, 0.4) is 0 Å². The second-order valence-corrected chi connectivity index (χ2v) is 13.9. The van der Waals surface area contributed by atoms with Crippen LogP contribution in [0.1, 0.15) is 44.7 Å². The number of carbonyl (C=O) groups excluding carboxylic acids is 2. The van der Waals surface area contributed by atoms with Gasteiger partial charge in [-0.15, -0.1) is 0 Å². The molecule has 2 aromatic carbocycles. The molecule has 0 radical (unpaired) electrons. The third-order valence-electron chi connectivity index (χ3n) is 10.9. The monoisotopic (exact) mass is 653 g/mol. The summed E-state index contributed by atoms with van der Waals surface area (Å²) in [5, 5.41) is 16.1. The van der Waals surface area contributed by atoms with Crippen LogP contribution in [0.4, 0.5) is 5.69 Å². The normalized spacial score (nSPS) is 35.8. The molecule has 2 heterocycles. The lowest BCUT2D eigenvalue weighted by molar-refractivity contribution is -0.421. The van der Waals surface area contributed by atoms with Gasteiger partial charge in [-0.05, 0) is 71.7 Å². The van der Waals surface area contributed by atoms with Gasteiger partial charge in [0.2, 0.25) is 0 Å². The molecule has 2 aromatic rings. The highest BCUT2D eigenvalue weighted by Crippen LogP contribution is 2.68. The largest absolute Gasteiger partial charge is 0.496 e. The Labute approximate surface area is 278 Å². The first-order valence-corrected chi connectivity index (χ1v) is 16.2.